The molecule has 0 aliphatic carbocycles. The third-order valence-corrected chi connectivity index (χ3v) is 5.44. The molecule has 0 radical (unpaired) electrons. The number of hydrogen-bond acceptors (Lipinski definition) is 2. The normalized spacial score (nSPS) is 11.2. The lowest BCUT2D eigenvalue weighted by atomic mass is 9.86. The van der Waals surface area contributed by atoms with Gasteiger partial charge < -0.3 is 11.1 Å². The van der Waals surface area contributed by atoms with Gasteiger partial charge in [0.1, 0.15) is 0 Å². The molecular formula is C27H30N2O2. The van der Waals surface area contributed by atoms with Crippen LogP contribution in [0.25, 0.3) is 11.1 Å². The van der Waals surface area contributed by atoms with Gasteiger partial charge in [0.15, 0.2) is 0 Å². The Kier molecular flexibility index (Phi) is 6.59. The van der Waals surface area contributed by atoms with Gasteiger partial charge in [-0.1, -0.05) is 63.2 Å². The van der Waals surface area contributed by atoms with Crippen LogP contribution in [0.5, 0.6) is 0 Å². The molecule has 0 spiro atoms. The molecule has 160 valence electrons. The van der Waals surface area contributed by atoms with Crippen molar-refractivity contribution >= 4 is 17.5 Å². The number of carbonyl (C=O) groups excluding carboxylic acids is 2. The lowest BCUT2D eigenvalue weighted by Crippen LogP contribution is -2.13. The van der Waals surface area contributed by atoms with Crippen LogP contribution in [0.1, 0.15) is 54.2 Å². The molecule has 3 aromatic rings. The second-order valence-electron chi connectivity index (χ2n) is 8.97. The maximum atomic E-state index is 12.5. The number of aryl methyl sites for hydroxylation is 2. The average Bonchev–Trinajstić information content (AvgIpc) is 2.73. The molecule has 4 nitrogen and oxygen atoms in total. The van der Waals surface area contributed by atoms with E-state index in [0.717, 1.165) is 27.9 Å². The highest BCUT2D eigenvalue weighted by molar-refractivity contribution is 5.94. The molecule has 0 fully saturated rings. The van der Waals surface area contributed by atoms with Gasteiger partial charge in [-0.25, -0.2) is 0 Å². The number of amides is 2. The summed E-state index contributed by atoms with van der Waals surface area (Å²) in [6.07, 6.45) is 1.13. The SMILES string of the molecule is Cc1cc(-c2cccc(C(N)=O)c2)ccc1NC(=O)CCc1ccc(C(C)(C)C)cc1. The first-order valence-corrected chi connectivity index (χ1v) is 10.5. The lowest BCUT2D eigenvalue weighted by Gasteiger charge is -2.19. The standard InChI is InChI=1S/C27H30N2O2/c1-18-16-21(20-6-5-7-22(17-20)26(28)31)11-14-24(18)29-25(30)15-10-19-8-12-23(13-9-19)27(2,3)4/h5-9,11-14,16-17H,10,15H2,1-4H3,(H2,28,31)(H,29,30). The van der Waals surface area contributed by atoms with E-state index < -0.39 is 5.91 Å². The number of benzene rings is 3. The van der Waals surface area contributed by atoms with Crippen LogP contribution in [0.15, 0.2) is 66.7 Å². The Balaban J connectivity index is 1.63. The zero-order valence-electron chi connectivity index (χ0n) is 18.7. The van der Waals surface area contributed by atoms with Crippen molar-refractivity contribution < 1.29 is 9.59 Å². The fraction of sp³-hybridized carbons (Fsp3) is 0.259. The first kappa shape index (κ1) is 22.3. The number of primary amides is 1. The van der Waals surface area contributed by atoms with Gasteiger partial charge in [0.05, 0.1) is 0 Å². The minimum Gasteiger partial charge on any atom is -0.366 e. The van der Waals surface area contributed by atoms with Crippen LogP contribution in [0, 0.1) is 6.92 Å². The zero-order chi connectivity index (χ0) is 22.6. The molecule has 0 unspecified atom stereocenters. The van der Waals surface area contributed by atoms with Crippen LogP contribution >= 0.6 is 0 Å². The molecule has 0 bridgehead atoms. The minimum atomic E-state index is -0.449. The first-order valence-electron chi connectivity index (χ1n) is 10.5. The summed E-state index contributed by atoms with van der Waals surface area (Å²) in [5.74, 6) is -0.457. The van der Waals surface area contributed by atoms with Gasteiger partial charge in [0.2, 0.25) is 11.8 Å². The van der Waals surface area contributed by atoms with E-state index in [4.69, 9.17) is 5.73 Å². The monoisotopic (exact) mass is 414 g/mol. The van der Waals surface area contributed by atoms with E-state index in [1.54, 1.807) is 12.1 Å². The van der Waals surface area contributed by atoms with E-state index in [-0.39, 0.29) is 11.3 Å². The minimum absolute atomic E-state index is 0.00789. The number of nitrogens with two attached hydrogens (primary N) is 1. The van der Waals surface area contributed by atoms with Crippen LogP contribution in [0.4, 0.5) is 5.69 Å². The quantitative estimate of drug-likeness (QED) is 0.549. The lowest BCUT2D eigenvalue weighted by molar-refractivity contribution is -0.116. The van der Waals surface area contributed by atoms with Crippen LogP contribution in [0.2, 0.25) is 0 Å². The summed E-state index contributed by atoms with van der Waals surface area (Å²) in [5, 5.41) is 3.01. The fourth-order valence-corrected chi connectivity index (χ4v) is 3.48. The molecule has 2 amide bonds. The molecule has 0 saturated heterocycles. The van der Waals surface area contributed by atoms with E-state index in [1.165, 1.54) is 5.56 Å². The van der Waals surface area contributed by atoms with Gasteiger partial charge in [0.25, 0.3) is 0 Å². The van der Waals surface area contributed by atoms with Gasteiger partial charge in [-0.3, -0.25) is 9.59 Å². The molecule has 4 heteroatoms. The van der Waals surface area contributed by atoms with Gasteiger partial charge in [-0.2, -0.15) is 0 Å². The van der Waals surface area contributed by atoms with E-state index in [2.05, 4.69) is 50.4 Å². The summed E-state index contributed by atoms with van der Waals surface area (Å²) in [6.45, 7) is 8.54. The Morgan fingerprint density at radius 1 is 0.903 bits per heavy atom. The number of nitrogens with one attached hydrogen (secondary N) is 1. The van der Waals surface area contributed by atoms with Crippen molar-refractivity contribution in [1.29, 1.82) is 0 Å². The molecule has 0 aliphatic heterocycles. The van der Waals surface area contributed by atoms with E-state index in [1.807, 2.05) is 37.3 Å². The smallest absolute Gasteiger partial charge is 0.248 e. The topological polar surface area (TPSA) is 72.2 Å². The maximum Gasteiger partial charge on any atom is 0.248 e. The molecule has 3 aromatic carbocycles. The van der Waals surface area contributed by atoms with Crippen molar-refractivity contribution in [1.82, 2.24) is 0 Å². The summed E-state index contributed by atoms with van der Waals surface area (Å²) >= 11 is 0. The molecule has 3 rings (SSSR count). The van der Waals surface area contributed by atoms with Crippen LogP contribution < -0.4 is 11.1 Å². The molecule has 0 atom stereocenters. The fourth-order valence-electron chi connectivity index (χ4n) is 3.48. The Morgan fingerprint density at radius 3 is 2.19 bits per heavy atom. The molecule has 0 aliphatic rings. The predicted octanol–water partition coefficient (Wildman–Crippen LogP) is 5.63. The third kappa shape index (κ3) is 5.82. The average molecular weight is 415 g/mol. The number of anilines is 1. The second-order valence-corrected chi connectivity index (χ2v) is 8.97. The third-order valence-electron chi connectivity index (χ3n) is 5.44. The summed E-state index contributed by atoms with van der Waals surface area (Å²) in [6, 6.07) is 21.6. The van der Waals surface area contributed by atoms with Crippen LogP contribution in [0.3, 0.4) is 0 Å². The van der Waals surface area contributed by atoms with Crippen LogP contribution in [-0.2, 0) is 16.6 Å². The largest absolute Gasteiger partial charge is 0.366 e. The van der Waals surface area contributed by atoms with Gasteiger partial charge in [-0.05, 0) is 70.8 Å². The Bertz CT molecular complexity index is 1090. The Morgan fingerprint density at radius 2 is 1.58 bits per heavy atom. The molecule has 0 aromatic heterocycles. The molecule has 3 N–H and O–H groups in total. The number of carbonyl (C=O) groups is 2. The van der Waals surface area contributed by atoms with Crippen molar-refractivity contribution in [2.24, 2.45) is 5.73 Å². The van der Waals surface area contributed by atoms with Crippen molar-refractivity contribution in [3.05, 3.63) is 89.0 Å². The molecule has 31 heavy (non-hydrogen) atoms. The van der Waals surface area contributed by atoms with Gasteiger partial charge in [0, 0.05) is 17.7 Å². The van der Waals surface area contributed by atoms with Crippen molar-refractivity contribution in [2.75, 3.05) is 5.32 Å². The zero-order valence-corrected chi connectivity index (χ0v) is 18.7. The van der Waals surface area contributed by atoms with E-state index in [0.29, 0.717) is 18.4 Å². The molecular weight excluding hydrogens is 384 g/mol. The highest BCUT2D eigenvalue weighted by Crippen LogP contribution is 2.26. The Labute approximate surface area is 184 Å². The van der Waals surface area contributed by atoms with Crippen molar-refractivity contribution in [2.45, 2.75) is 46.0 Å². The second kappa shape index (κ2) is 9.17. The summed E-state index contributed by atoms with van der Waals surface area (Å²) in [4.78, 5) is 23.9. The first-order chi connectivity index (χ1) is 14.6. The summed E-state index contributed by atoms with van der Waals surface area (Å²) in [7, 11) is 0. The summed E-state index contributed by atoms with van der Waals surface area (Å²) < 4.78 is 0. The number of rotatable bonds is 6. The predicted molar refractivity (Wildman–Crippen MR) is 127 cm³/mol. The highest BCUT2D eigenvalue weighted by atomic mass is 16.1. The molecule has 0 heterocycles. The van der Waals surface area contributed by atoms with Crippen molar-refractivity contribution in [3.8, 4) is 11.1 Å². The highest BCUT2D eigenvalue weighted by Gasteiger charge is 2.13. The Hall–Kier alpha value is -3.40. The van der Waals surface area contributed by atoms with E-state index in [9.17, 15) is 9.59 Å². The van der Waals surface area contributed by atoms with E-state index >= 15 is 0 Å². The van der Waals surface area contributed by atoms with Gasteiger partial charge >= 0.3 is 0 Å². The summed E-state index contributed by atoms with van der Waals surface area (Å²) in [5.41, 5.74) is 12.1. The maximum absolute atomic E-state index is 12.5. The molecule has 0 saturated carbocycles. The van der Waals surface area contributed by atoms with Crippen LogP contribution in [-0.4, -0.2) is 11.8 Å². The van der Waals surface area contributed by atoms with Crippen molar-refractivity contribution in [3.63, 3.8) is 0 Å². The number of hydrogen-bond donors (Lipinski definition) is 2. The van der Waals surface area contributed by atoms with Gasteiger partial charge in [-0.15, -0.1) is 0 Å².